The lowest BCUT2D eigenvalue weighted by Crippen LogP contribution is -2.22. The van der Waals surface area contributed by atoms with Crippen LogP contribution in [0, 0.1) is 11.3 Å². The van der Waals surface area contributed by atoms with E-state index in [1.807, 2.05) is 18.2 Å². The number of nitrogens with zero attached hydrogens (tertiary/aromatic N) is 2. The molecule has 120 valence electrons. The highest BCUT2D eigenvalue weighted by molar-refractivity contribution is 5.32. The highest BCUT2D eigenvalue weighted by atomic mass is 16.5. The van der Waals surface area contributed by atoms with E-state index in [1.54, 1.807) is 29.0 Å². The fraction of sp³-hybridized carbons (Fsp3) is 0.368. The minimum Gasteiger partial charge on any atom is -0.488 e. The number of benzene rings is 1. The van der Waals surface area contributed by atoms with Crippen molar-refractivity contribution in [2.45, 2.75) is 39.2 Å². The van der Waals surface area contributed by atoms with Crippen molar-refractivity contribution in [1.29, 1.82) is 5.26 Å². The van der Waals surface area contributed by atoms with Gasteiger partial charge in [0.2, 0.25) is 0 Å². The number of hydrogen-bond donors (Lipinski definition) is 0. The Hall–Kier alpha value is -2.54. The van der Waals surface area contributed by atoms with Crippen LogP contribution in [0.2, 0.25) is 0 Å². The first kappa shape index (κ1) is 16.8. The molecule has 0 radical (unpaired) electrons. The van der Waals surface area contributed by atoms with Gasteiger partial charge in [0.05, 0.1) is 24.8 Å². The number of nitriles is 1. The molecule has 0 fully saturated rings. The van der Waals surface area contributed by atoms with Gasteiger partial charge in [-0.05, 0) is 36.2 Å². The van der Waals surface area contributed by atoms with Gasteiger partial charge >= 0.3 is 0 Å². The molecular formula is C19H22N2O2. The zero-order valence-electron chi connectivity index (χ0n) is 13.5. The van der Waals surface area contributed by atoms with Crippen molar-refractivity contribution in [3.05, 3.63) is 64.1 Å². The molecule has 1 aromatic carbocycles. The van der Waals surface area contributed by atoms with E-state index in [9.17, 15) is 4.79 Å². The van der Waals surface area contributed by atoms with Crippen LogP contribution < -0.4 is 10.3 Å². The van der Waals surface area contributed by atoms with Crippen molar-refractivity contribution >= 4 is 0 Å². The van der Waals surface area contributed by atoms with E-state index in [0.29, 0.717) is 24.5 Å². The number of pyridine rings is 1. The van der Waals surface area contributed by atoms with Gasteiger partial charge in [0.1, 0.15) is 0 Å². The van der Waals surface area contributed by atoms with E-state index in [0.717, 1.165) is 18.4 Å². The lowest BCUT2D eigenvalue weighted by Gasteiger charge is -2.09. The molecule has 23 heavy (non-hydrogen) atoms. The Morgan fingerprint density at radius 3 is 2.61 bits per heavy atom. The van der Waals surface area contributed by atoms with Crippen LogP contribution in [0.3, 0.4) is 0 Å². The summed E-state index contributed by atoms with van der Waals surface area (Å²) in [5.74, 6) is 0.401. The molecule has 0 aliphatic heterocycles. The highest BCUT2D eigenvalue weighted by Crippen LogP contribution is 2.08. The fourth-order valence-electron chi connectivity index (χ4n) is 2.34. The molecule has 0 saturated heterocycles. The Bertz CT molecular complexity index is 711. The monoisotopic (exact) mass is 310 g/mol. The fourth-order valence-corrected chi connectivity index (χ4v) is 2.34. The number of unbranched alkanes of at least 4 members (excludes halogenated alkanes) is 3. The smallest absolute Gasteiger partial charge is 0.293 e. The Labute approximate surface area is 137 Å². The molecule has 1 heterocycles. The second kappa shape index (κ2) is 8.79. The molecule has 0 bridgehead atoms. The van der Waals surface area contributed by atoms with Crippen LogP contribution in [-0.2, 0) is 6.54 Å². The molecular weight excluding hydrogens is 288 g/mol. The summed E-state index contributed by atoms with van der Waals surface area (Å²) in [5, 5.41) is 8.81. The van der Waals surface area contributed by atoms with Crippen LogP contribution >= 0.6 is 0 Å². The molecule has 4 nitrogen and oxygen atoms in total. The predicted octanol–water partition coefficient (Wildman–Crippen LogP) is 3.73. The third-order valence-corrected chi connectivity index (χ3v) is 3.68. The number of hydrogen-bond acceptors (Lipinski definition) is 3. The maximum atomic E-state index is 12.4. The Morgan fingerprint density at radius 2 is 1.91 bits per heavy atom. The second-order valence-corrected chi connectivity index (χ2v) is 5.52. The van der Waals surface area contributed by atoms with Gasteiger partial charge in [-0.2, -0.15) is 5.26 Å². The van der Waals surface area contributed by atoms with Gasteiger partial charge in [0.15, 0.2) is 5.75 Å². The lowest BCUT2D eigenvalue weighted by molar-refractivity contribution is 0.299. The van der Waals surface area contributed by atoms with E-state index in [2.05, 4.69) is 13.0 Å². The van der Waals surface area contributed by atoms with Crippen LogP contribution in [0.1, 0.15) is 43.7 Å². The van der Waals surface area contributed by atoms with Crippen LogP contribution in [-0.4, -0.2) is 11.2 Å². The van der Waals surface area contributed by atoms with Crippen molar-refractivity contribution in [1.82, 2.24) is 4.57 Å². The summed E-state index contributed by atoms with van der Waals surface area (Å²) in [6, 6.07) is 12.9. The van der Waals surface area contributed by atoms with Gasteiger partial charge in [-0.3, -0.25) is 4.79 Å². The minimum absolute atomic E-state index is 0.118. The van der Waals surface area contributed by atoms with Crippen LogP contribution in [0.25, 0.3) is 0 Å². The highest BCUT2D eigenvalue weighted by Gasteiger charge is 2.05. The SMILES string of the molecule is CCCCCCOc1cccn(Cc2ccc(C#N)cc2)c1=O. The van der Waals surface area contributed by atoms with Crippen molar-refractivity contribution in [3.8, 4) is 11.8 Å². The normalized spacial score (nSPS) is 10.3. The summed E-state index contributed by atoms with van der Waals surface area (Å²) < 4.78 is 7.25. The van der Waals surface area contributed by atoms with Crippen molar-refractivity contribution in [2.75, 3.05) is 6.61 Å². The molecule has 2 rings (SSSR count). The van der Waals surface area contributed by atoms with Gasteiger partial charge in [-0.25, -0.2) is 0 Å². The lowest BCUT2D eigenvalue weighted by atomic mass is 10.1. The Balaban J connectivity index is 2.01. The molecule has 0 N–H and O–H groups in total. The average Bonchev–Trinajstić information content (AvgIpc) is 2.58. The second-order valence-electron chi connectivity index (χ2n) is 5.52. The largest absolute Gasteiger partial charge is 0.488 e. The van der Waals surface area contributed by atoms with E-state index >= 15 is 0 Å². The van der Waals surface area contributed by atoms with Crippen LogP contribution in [0.5, 0.6) is 5.75 Å². The van der Waals surface area contributed by atoms with Crippen molar-refractivity contribution in [2.24, 2.45) is 0 Å². The van der Waals surface area contributed by atoms with Crippen molar-refractivity contribution in [3.63, 3.8) is 0 Å². The maximum absolute atomic E-state index is 12.4. The summed E-state index contributed by atoms with van der Waals surface area (Å²) in [6.45, 7) is 3.22. The summed E-state index contributed by atoms with van der Waals surface area (Å²) in [4.78, 5) is 12.4. The molecule has 0 aliphatic carbocycles. The molecule has 4 heteroatoms. The van der Waals surface area contributed by atoms with E-state index in [-0.39, 0.29) is 5.56 Å². The van der Waals surface area contributed by atoms with E-state index < -0.39 is 0 Å². The third-order valence-electron chi connectivity index (χ3n) is 3.68. The number of aromatic nitrogens is 1. The van der Waals surface area contributed by atoms with Crippen molar-refractivity contribution < 1.29 is 4.74 Å². The summed E-state index contributed by atoms with van der Waals surface area (Å²) >= 11 is 0. The number of rotatable bonds is 8. The summed E-state index contributed by atoms with van der Waals surface area (Å²) in [7, 11) is 0. The molecule has 0 unspecified atom stereocenters. The maximum Gasteiger partial charge on any atom is 0.293 e. The molecule has 2 aromatic rings. The topological polar surface area (TPSA) is 55.0 Å². The number of ether oxygens (including phenoxy) is 1. The van der Waals surface area contributed by atoms with Gasteiger partial charge in [-0.1, -0.05) is 38.3 Å². The van der Waals surface area contributed by atoms with E-state index in [4.69, 9.17) is 10.00 Å². The zero-order chi connectivity index (χ0) is 16.5. The summed E-state index contributed by atoms with van der Waals surface area (Å²) in [5.41, 5.74) is 1.48. The molecule has 0 aliphatic rings. The molecule has 1 aromatic heterocycles. The minimum atomic E-state index is -0.118. The quantitative estimate of drug-likeness (QED) is 0.698. The van der Waals surface area contributed by atoms with Gasteiger partial charge in [0.25, 0.3) is 5.56 Å². The van der Waals surface area contributed by atoms with Gasteiger partial charge < -0.3 is 9.30 Å². The average molecular weight is 310 g/mol. The molecule has 0 atom stereocenters. The van der Waals surface area contributed by atoms with E-state index in [1.165, 1.54) is 12.8 Å². The first-order valence-electron chi connectivity index (χ1n) is 8.06. The summed E-state index contributed by atoms with van der Waals surface area (Å²) in [6.07, 6.45) is 6.23. The van der Waals surface area contributed by atoms with Crippen LogP contribution in [0.15, 0.2) is 47.4 Å². The Morgan fingerprint density at radius 1 is 1.13 bits per heavy atom. The van der Waals surface area contributed by atoms with Gasteiger partial charge in [0, 0.05) is 6.20 Å². The molecule has 0 amide bonds. The first-order chi connectivity index (χ1) is 11.2. The first-order valence-corrected chi connectivity index (χ1v) is 8.06. The zero-order valence-corrected chi connectivity index (χ0v) is 13.5. The predicted molar refractivity (Wildman–Crippen MR) is 90.6 cm³/mol. The molecule has 0 spiro atoms. The Kier molecular flexibility index (Phi) is 6.43. The molecule has 0 saturated carbocycles. The van der Waals surface area contributed by atoms with Gasteiger partial charge in [-0.15, -0.1) is 0 Å². The standard InChI is InChI=1S/C19H22N2O2/c1-2-3-4-5-13-23-18-7-6-12-21(19(18)22)15-17-10-8-16(14-20)9-11-17/h6-12H,2-5,13,15H2,1H3. The van der Waals surface area contributed by atoms with Crippen LogP contribution in [0.4, 0.5) is 0 Å². The third kappa shape index (κ3) is 5.00.